The first-order valence-corrected chi connectivity index (χ1v) is 14.9. The van der Waals surface area contributed by atoms with Gasteiger partial charge in [-0.15, -0.1) is 28.1 Å². The number of aromatic nitrogens is 4. The van der Waals surface area contributed by atoms with E-state index in [0.29, 0.717) is 28.3 Å². The van der Waals surface area contributed by atoms with Gasteiger partial charge in [0.05, 0.1) is 21.0 Å². The number of benzene rings is 3. The highest BCUT2D eigenvalue weighted by molar-refractivity contribution is 7.99. The Labute approximate surface area is 246 Å². The van der Waals surface area contributed by atoms with Gasteiger partial charge >= 0.3 is 0 Å². The number of carbonyl (C=O) groups excluding carboxylic acids is 1. The Morgan fingerprint density at radius 3 is 2.65 bits per heavy atom. The lowest BCUT2D eigenvalue weighted by Gasteiger charge is -2.17. The number of nitrogens with one attached hydrogen (secondary N) is 1. The van der Waals surface area contributed by atoms with Crippen molar-refractivity contribution < 1.29 is 9.53 Å². The normalized spacial score (nSPS) is 11.9. The maximum atomic E-state index is 12.8. The number of hydrogen-bond acceptors (Lipinski definition) is 7. The van der Waals surface area contributed by atoms with Crippen LogP contribution in [0, 0.1) is 13.8 Å². The fourth-order valence-corrected chi connectivity index (χ4v) is 6.12. The molecule has 1 amide bonds. The second kappa shape index (κ2) is 12.2. The minimum absolute atomic E-state index is 0.140. The molecule has 1 N–H and O–H groups in total. The van der Waals surface area contributed by atoms with E-state index in [1.807, 2.05) is 66.9 Å². The van der Waals surface area contributed by atoms with Crippen molar-refractivity contribution in [2.24, 2.45) is 0 Å². The van der Waals surface area contributed by atoms with E-state index < -0.39 is 6.10 Å². The molecule has 0 spiro atoms. The topological polar surface area (TPSA) is 81.9 Å². The van der Waals surface area contributed by atoms with Gasteiger partial charge in [-0.2, -0.15) is 0 Å². The van der Waals surface area contributed by atoms with Crippen molar-refractivity contribution in [3.63, 3.8) is 0 Å². The molecule has 5 aromatic rings. The highest BCUT2D eigenvalue weighted by Crippen LogP contribution is 2.32. The monoisotopic (exact) mass is 589 g/mol. The molecule has 0 bridgehead atoms. The number of aryl methyl sites for hydroxylation is 2. The third-order valence-electron chi connectivity index (χ3n) is 6.10. The summed E-state index contributed by atoms with van der Waals surface area (Å²) < 4.78 is 9.16. The molecule has 204 valence electrons. The molecule has 0 aliphatic carbocycles. The van der Waals surface area contributed by atoms with Gasteiger partial charge in [-0.1, -0.05) is 41.6 Å². The SMILES string of the molecule is C=CCn1c(SCC(=O)Nc2ccc(-c3nc4ccc(C)cc4s3)cc2)nnc1C(C)Oc1cc(C)ccc1Cl. The number of thiazole rings is 1. The third kappa shape index (κ3) is 6.38. The van der Waals surface area contributed by atoms with Gasteiger partial charge in [-0.25, -0.2) is 4.98 Å². The molecule has 1 atom stereocenters. The Hall–Kier alpha value is -3.66. The zero-order chi connectivity index (χ0) is 28.2. The summed E-state index contributed by atoms with van der Waals surface area (Å²) in [5.41, 5.74) is 4.99. The van der Waals surface area contributed by atoms with Crippen LogP contribution in [0.3, 0.4) is 0 Å². The molecule has 1 unspecified atom stereocenters. The summed E-state index contributed by atoms with van der Waals surface area (Å²) in [6.45, 7) is 10.3. The molecule has 2 aromatic heterocycles. The molecule has 5 rings (SSSR count). The molecule has 0 aliphatic heterocycles. The zero-order valence-electron chi connectivity index (χ0n) is 22.3. The molecule has 0 radical (unpaired) electrons. The van der Waals surface area contributed by atoms with Crippen molar-refractivity contribution in [2.75, 3.05) is 11.1 Å². The molecular weight excluding hydrogens is 562 g/mol. The minimum atomic E-state index is -0.409. The van der Waals surface area contributed by atoms with Gasteiger partial charge in [0.2, 0.25) is 5.91 Å². The number of halogens is 1. The molecule has 7 nitrogen and oxygen atoms in total. The molecule has 10 heteroatoms. The molecule has 2 heterocycles. The van der Waals surface area contributed by atoms with Crippen molar-refractivity contribution in [2.45, 2.75) is 38.6 Å². The standard InChI is InChI=1S/C30H28ClN5O2S2/c1-5-14-36-28(20(4)38-25-15-18(2)6-12-23(25)31)34-35-30(36)39-17-27(37)32-22-10-8-21(9-11-22)29-33-24-13-7-19(3)16-26(24)40-29/h5-13,15-16,20H,1,14,17H2,2-4H3,(H,32,37). The largest absolute Gasteiger partial charge is 0.481 e. The van der Waals surface area contributed by atoms with Crippen LogP contribution in [0.15, 0.2) is 78.5 Å². The van der Waals surface area contributed by atoms with Crippen LogP contribution in [0.5, 0.6) is 5.75 Å². The Balaban J connectivity index is 1.21. The van der Waals surface area contributed by atoms with Crippen molar-refractivity contribution in [3.8, 4) is 16.3 Å². The lowest BCUT2D eigenvalue weighted by molar-refractivity contribution is -0.113. The maximum Gasteiger partial charge on any atom is 0.234 e. The van der Waals surface area contributed by atoms with Crippen LogP contribution in [0.2, 0.25) is 5.02 Å². The van der Waals surface area contributed by atoms with Crippen LogP contribution < -0.4 is 10.1 Å². The maximum absolute atomic E-state index is 12.8. The Bertz CT molecular complexity index is 1680. The van der Waals surface area contributed by atoms with Crippen LogP contribution in [-0.4, -0.2) is 31.4 Å². The first kappa shape index (κ1) is 27.9. The lowest BCUT2D eigenvalue weighted by atomic mass is 10.2. The second-order valence-corrected chi connectivity index (χ2v) is 11.7. The summed E-state index contributed by atoms with van der Waals surface area (Å²) in [5.74, 6) is 1.24. The number of allylic oxidation sites excluding steroid dienone is 1. The summed E-state index contributed by atoms with van der Waals surface area (Å²) in [7, 11) is 0. The Morgan fingerprint density at radius 1 is 1.12 bits per heavy atom. The van der Waals surface area contributed by atoms with Crippen LogP contribution in [0.4, 0.5) is 5.69 Å². The second-order valence-electron chi connectivity index (χ2n) is 9.34. The number of nitrogens with zero attached hydrogens (tertiary/aromatic N) is 4. The molecular formula is C30H28ClN5O2S2. The first-order chi connectivity index (χ1) is 19.3. The van der Waals surface area contributed by atoms with E-state index >= 15 is 0 Å². The highest BCUT2D eigenvalue weighted by atomic mass is 35.5. The molecule has 0 aliphatic rings. The van der Waals surface area contributed by atoms with E-state index in [-0.39, 0.29) is 11.7 Å². The number of ether oxygens (including phenoxy) is 1. The van der Waals surface area contributed by atoms with Gasteiger partial charge < -0.3 is 10.1 Å². The third-order valence-corrected chi connectivity index (χ3v) is 8.45. The van der Waals surface area contributed by atoms with Crippen LogP contribution in [0.1, 0.15) is 30.0 Å². The Kier molecular flexibility index (Phi) is 8.54. The molecule has 0 saturated heterocycles. The van der Waals surface area contributed by atoms with Crippen LogP contribution >= 0.6 is 34.7 Å². The van der Waals surface area contributed by atoms with Crippen molar-refractivity contribution in [1.29, 1.82) is 0 Å². The summed E-state index contributed by atoms with van der Waals surface area (Å²) in [5, 5.41) is 13.7. The molecule has 3 aromatic carbocycles. The number of fused-ring (bicyclic) bond motifs is 1. The van der Waals surface area contributed by atoms with E-state index in [0.717, 1.165) is 32.0 Å². The predicted octanol–water partition coefficient (Wildman–Crippen LogP) is 7.88. The van der Waals surface area contributed by atoms with Crippen molar-refractivity contribution in [1.82, 2.24) is 19.7 Å². The van der Waals surface area contributed by atoms with E-state index in [1.165, 1.54) is 17.3 Å². The van der Waals surface area contributed by atoms with Gasteiger partial charge in [0.25, 0.3) is 0 Å². The minimum Gasteiger partial charge on any atom is -0.481 e. The van der Waals surface area contributed by atoms with E-state index in [4.69, 9.17) is 21.3 Å². The van der Waals surface area contributed by atoms with Crippen molar-refractivity contribution >= 4 is 56.5 Å². The van der Waals surface area contributed by atoms with Gasteiger partial charge in [-0.05, 0) is 80.4 Å². The average molecular weight is 590 g/mol. The van der Waals surface area contributed by atoms with Crippen molar-refractivity contribution in [3.05, 3.63) is 95.3 Å². The molecule has 0 fully saturated rings. The van der Waals surface area contributed by atoms with Gasteiger partial charge in [0.15, 0.2) is 17.1 Å². The Morgan fingerprint density at radius 2 is 1.88 bits per heavy atom. The summed E-state index contributed by atoms with van der Waals surface area (Å²) in [6, 6.07) is 19.6. The number of thioether (sulfide) groups is 1. The first-order valence-electron chi connectivity index (χ1n) is 12.7. The highest BCUT2D eigenvalue weighted by Gasteiger charge is 2.21. The summed E-state index contributed by atoms with van der Waals surface area (Å²) in [4.78, 5) is 17.5. The van der Waals surface area contributed by atoms with E-state index in [9.17, 15) is 4.79 Å². The van der Waals surface area contributed by atoms with Gasteiger partial charge in [0, 0.05) is 17.8 Å². The summed E-state index contributed by atoms with van der Waals surface area (Å²) >= 11 is 9.28. The number of carbonyl (C=O) groups is 1. The van der Waals surface area contributed by atoms with E-state index in [1.54, 1.807) is 17.4 Å². The average Bonchev–Trinajstić information content (AvgIpc) is 3.54. The quantitative estimate of drug-likeness (QED) is 0.132. The summed E-state index contributed by atoms with van der Waals surface area (Å²) in [6.07, 6.45) is 1.35. The number of amides is 1. The number of rotatable bonds is 10. The predicted molar refractivity (Wildman–Crippen MR) is 165 cm³/mol. The number of anilines is 1. The zero-order valence-corrected chi connectivity index (χ0v) is 24.7. The fourth-order valence-electron chi connectivity index (χ4n) is 4.13. The number of hydrogen-bond donors (Lipinski definition) is 1. The fraction of sp³-hybridized carbons (Fsp3) is 0.200. The smallest absolute Gasteiger partial charge is 0.234 e. The molecule has 0 saturated carbocycles. The van der Waals surface area contributed by atoms with Gasteiger partial charge in [-0.3, -0.25) is 9.36 Å². The van der Waals surface area contributed by atoms with Gasteiger partial charge in [0.1, 0.15) is 10.8 Å². The van der Waals surface area contributed by atoms with E-state index in [2.05, 4.69) is 41.1 Å². The van der Waals surface area contributed by atoms with Crippen LogP contribution in [0.25, 0.3) is 20.8 Å². The lowest BCUT2D eigenvalue weighted by Crippen LogP contribution is -2.15. The van der Waals surface area contributed by atoms with Crippen LogP contribution in [-0.2, 0) is 11.3 Å². The molecule has 40 heavy (non-hydrogen) atoms.